The highest BCUT2D eigenvalue weighted by Gasteiger charge is 2.50. The number of aliphatic hydroxyl groups is 3. The molecule has 0 unspecified atom stereocenters. The van der Waals surface area contributed by atoms with E-state index in [1.165, 1.54) is 0 Å². The molecule has 0 saturated carbocycles. The van der Waals surface area contributed by atoms with Gasteiger partial charge >= 0.3 is 11.9 Å². The number of aliphatic carboxylic acids is 1. The van der Waals surface area contributed by atoms with Gasteiger partial charge in [-0.1, -0.05) is 26.0 Å². The van der Waals surface area contributed by atoms with Crippen molar-refractivity contribution < 1.29 is 82.8 Å². The number of phenolic OH excluding ortho intramolecular Hbond substituents is 1. The number of aliphatic hydroxyl groups excluding tert-OH is 3. The zero-order valence-electron chi connectivity index (χ0n) is 33.2. The number of nitrogens with two attached hydrogens (primary N) is 1. The van der Waals surface area contributed by atoms with Crippen LogP contribution >= 0.6 is 0 Å². The number of fused-ring (bicyclic) bond motifs is 6. The Labute approximate surface area is 345 Å². The van der Waals surface area contributed by atoms with E-state index in [2.05, 4.69) is 13.8 Å². The van der Waals surface area contributed by atoms with E-state index in [1.807, 2.05) is 18.2 Å². The van der Waals surface area contributed by atoms with Gasteiger partial charge in [-0.3, -0.25) is 9.59 Å². The monoisotopic (exact) mass is 841 g/mol. The van der Waals surface area contributed by atoms with Crippen molar-refractivity contribution in [3.8, 4) is 34.5 Å². The largest absolute Gasteiger partial charge is 0.508 e. The van der Waals surface area contributed by atoms with Crippen molar-refractivity contribution in [2.45, 2.75) is 88.5 Å². The number of hydrogen-bond acceptors (Lipinski definition) is 17. The molecule has 60 heavy (non-hydrogen) atoms. The molecule has 0 aliphatic carbocycles. The molecule has 3 aromatic carbocycles. The minimum atomic E-state index is -1.54. The molecular weight excluding hydrogens is 790 g/mol. The zero-order valence-corrected chi connectivity index (χ0v) is 33.2. The maximum Gasteiger partial charge on any atom is 0.317 e. The molecule has 7 N–H and O–H groups in total. The summed E-state index contributed by atoms with van der Waals surface area (Å²) in [7, 11) is 0. The number of carbonyl (C=O) groups is 2. The number of ether oxygens (including phenoxy) is 8. The molecule has 0 aromatic heterocycles. The highest BCUT2D eigenvalue weighted by molar-refractivity contribution is 5.90. The molecule has 8 atom stereocenters. The Balaban J connectivity index is 1.20. The van der Waals surface area contributed by atoms with Gasteiger partial charge in [0.2, 0.25) is 0 Å². The van der Waals surface area contributed by atoms with E-state index in [0.29, 0.717) is 40.5 Å². The molecule has 0 amide bonds. The Morgan fingerprint density at radius 2 is 1.80 bits per heavy atom. The van der Waals surface area contributed by atoms with E-state index in [0.717, 1.165) is 16.7 Å². The van der Waals surface area contributed by atoms with Gasteiger partial charge in [-0.05, 0) is 54.7 Å². The van der Waals surface area contributed by atoms with Crippen LogP contribution in [0.15, 0.2) is 42.5 Å². The number of rotatable bonds is 19. The molecule has 326 valence electrons. The SMILES string of the molecule is CC(C)Cc1c2c(cc3c1O[C@@H]1c4cc(OO[C@@H]5[C@H](OCCN)O[C@H](COC(=O)CC(=O)O)[C@@H](OCCCO)[C@@H]5O)c(Cc5cccc(O)c5)cc4OC[C@@H]31)O[C@@H](CO)O2. The topological polar surface area (TPSA) is 254 Å². The van der Waals surface area contributed by atoms with Crippen LogP contribution in [0.1, 0.15) is 66.5 Å². The number of esters is 1. The fourth-order valence-electron chi connectivity index (χ4n) is 7.77. The predicted molar refractivity (Wildman–Crippen MR) is 206 cm³/mol. The molecule has 1 fully saturated rings. The highest BCUT2D eigenvalue weighted by atomic mass is 17.2. The first-order valence-corrected chi connectivity index (χ1v) is 19.9. The lowest BCUT2D eigenvalue weighted by Gasteiger charge is -2.42. The van der Waals surface area contributed by atoms with Crippen LogP contribution in [0.3, 0.4) is 0 Å². The van der Waals surface area contributed by atoms with Gasteiger partial charge in [0, 0.05) is 48.4 Å². The summed E-state index contributed by atoms with van der Waals surface area (Å²) in [5, 5.41) is 50.2. The van der Waals surface area contributed by atoms with E-state index in [-0.39, 0.29) is 75.8 Å². The van der Waals surface area contributed by atoms with E-state index >= 15 is 0 Å². The summed E-state index contributed by atoms with van der Waals surface area (Å²) in [5.41, 5.74) is 9.44. The molecular formula is C42H51NO17. The second-order valence-electron chi connectivity index (χ2n) is 15.4. The van der Waals surface area contributed by atoms with Crippen LogP contribution in [-0.4, -0.2) is 121 Å². The minimum Gasteiger partial charge on any atom is -0.508 e. The van der Waals surface area contributed by atoms with Crippen molar-refractivity contribution >= 4 is 11.9 Å². The van der Waals surface area contributed by atoms with Gasteiger partial charge in [0.25, 0.3) is 6.29 Å². The first kappa shape index (κ1) is 43.2. The fraction of sp³-hybridized carbons (Fsp3) is 0.524. The van der Waals surface area contributed by atoms with Crippen LogP contribution in [0.5, 0.6) is 34.5 Å². The number of carboxylic acid groups (broad SMARTS) is 1. The second kappa shape index (κ2) is 19.2. The predicted octanol–water partition coefficient (Wildman–Crippen LogP) is 2.41. The van der Waals surface area contributed by atoms with Crippen LogP contribution in [0.4, 0.5) is 0 Å². The molecule has 1 saturated heterocycles. The summed E-state index contributed by atoms with van der Waals surface area (Å²) < 4.78 is 48.1. The van der Waals surface area contributed by atoms with Gasteiger partial charge in [0.15, 0.2) is 29.6 Å². The van der Waals surface area contributed by atoms with E-state index < -0.39 is 68.1 Å². The number of phenols is 1. The van der Waals surface area contributed by atoms with Gasteiger partial charge in [-0.15, -0.1) is 0 Å². The summed E-state index contributed by atoms with van der Waals surface area (Å²) in [5.74, 6) is 0.130. The van der Waals surface area contributed by atoms with Crippen molar-refractivity contribution in [2.75, 3.05) is 46.2 Å². The van der Waals surface area contributed by atoms with Crippen LogP contribution < -0.4 is 29.6 Å². The van der Waals surface area contributed by atoms with Crippen molar-refractivity contribution in [3.05, 3.63) is 70.3 Å². The van der Waals surface area contributed by atoms with Gasteiger partial charge in [-0.25, -0.2) is 0 Å². The van der Waals surface area contributed by atoms with Gasteiger partial charge in [0.05, 0.1) is 19.1 Å². The zero-order chi connectivity index (χ0) is 42.5. The van der Waals surface area contributed by atoms with Gasteiger partial charge in [-0.2, -0.15) is 4.89 Å². The first-order chi connectivity index (χ1) is 29.0. The number of benzene rings is 3. The number of hydrogen-bond donors (Lipinski definition) is 6. The Hall–Kier alpha value is -4.92. The Morgan fingerprint density at radius 1 is 0.967 bits per heavy atom. The molecule has 4 aliphatic rings. The average Bonchev–Trinajstić information content (AvgIpc) is 3.81. The van der Waals surface area contributed by atoms with E-state index in [4.69, 9.17) is 58.5 Å². The Morgan fingerprint density at radius 3 is 2.53 bits per heavy atom. The summed E-state index contributed by atoms with van der Waals surface area (Å²) >= 11 is 0. The van der Waals surface area contributed by atoms with Gasteiger partial charge < -0.3 is 74.0 Å². The molecule has 0 bridgehead atoms. The molecule has 3 aromatic rings. The normalized spacial score (nSPS) is 24.9. The number of carbonyl (C=O) groups excluding carboxylic acids is 1. The summed E-state index contributed by atoms with van der Waals surface area (Å²) in [6.07, 6.45) is -7.75. The van der Waals surface area contributed by atoms with Crippen molar-refractivity contribution in [3.63, 3.8) is 0 Å². The fourth-order valence-corrected chi connectivity index (χ4v) is 7.77. The third kappa shape index (κ3) is 9.50. The van der Waals surface area contributed by atoms with Crippen LogP contribution in [0, 0.1) is 5.92 Å². The van der Waals surface area contributed by atoms with Crippen LogP contribution in [0.2, 0.25) is 0 Å². The third-order valence-corrected chi connectivity index (χ3v) is 10.4. The lowest BCUT2D eigenvalue weighted by molar-refractivity contribution is -0.375. The first-order valence-electron chi connectivity index (χ1n) is 19.9. The average molecular weight is 842 g/mol. The number of aromatic hydroxyl groups is 1. The quantitative estimate of drug-likeness (QED) is 0.0333. The maximum absolute atomic E-state index is 12.1. The maximum atomic E-state index is 12.1. The van der Waals surface area contributed by atoms with Gasteiger partial charge in [0.1, 0.15) is 61.3 Å². The second-order valence-corrected chi connectivity index (χ2v) is 15.4. The molecule has 18 heteroatoms. The smallest absolute Gasteiger partial charge is 0.317 e. The minimum absolute atomic E-state index is 0.0188. The molecule has 18 nitrogen and oxygen atoms in total. The third-order valence-electron chi connectivity index (χ3n) is 10.4. The van der Waals surface area contributed by atoms with Crippen molar-refractivity contribution in [1.29, 1.82) is 0 Å². The van der Waals surface area contributed by atoms with Crippen LogP contribution in [0.25, 0.3) is 0 Å². The molecule has 0 radical (unpaired) electrons. The number of carboxylic acids is 1. The molecule has 4 aliphatic heterocycles. The van der Waals surface area contributed by atoms with Crippen molar-refractivity contribution in [2.24, 2.45) is 11.7 Å². The molecule has 0 spiro atoms. The molecule has 7 rings (SSSR count). The highest BCUT2D eigenvalue weighted by Crippen LogP contribution is 2.58. The summed E-state index contributed by atoms with van der Waals surface area (Å²) in [6, 6.07) is 12.2. The Kier molecular flexibility index (Phi) is 13.8. The standard InChI is InChI=1S/C42H51NO17/c1-21(2)11-27-37-25(15-31-39(27)57-35(18-45)55-31)28-19-53-30-14-23(12-22-5-3-6-24(46)13-22)29(16-26(30)38(28)58-37)59-60-41-36(50)40(51-9-4-8-44)32(56-42(41)52-10-7-43)20-54-34(49)17-33(47)48/h3,5-6,13-16,21,28,32,35-36,38,40-42,44-46,50H,4,7-12,17-20,43H2,1-2H3,(H,47,48)/t28-,32+,35+,36-,38+,40+,41-,42+/m0/s1. The lowest BCUT2D eigenvalue weighted by atomic mass is 9.86. The Bertz CT molecular complexity index is 1990. The lowest BCUT2D eigenvalue weighted by Crippen LogP contribution is -2.61. The summed E-state index contributed by atoms with van der Waals surface area (Å²) in [4.78, 5) is 35.3. The van der Waals surface area contributed by atoms with E-state index in [1.54, 1.807) is 24.3 Å². The van der Waals surface area contributed by atoms with Crippen molar-refractivity contribution in [1.82, 2.24) is 0 Å². The van der Waals surface area contributed by atoms with Crippen LogP contribution in [-0.2, 0) is 46.3 Å². The molecule has 4 heterocycles. The summed E-state index contributed by atoms with van der Waals surface area (Å²) in [6.45, 7) is 3.47. The van der Waals surface area contributed by atoms with E-state index in [9.17, 15) is 30.0 Å².